The van der Waals surface area contributed by atoms with Crippen molar-refractivity contribution in [3.05, 3.63) is 23.3 Å². The summed E-state index contributed by atoms with van der Waals surface area (Å²) in [5.41, 5.74) is 2.86. The average Bonchev–Trinajstić information content (AvgIpc) is 3.26. The molecule has 1 aromatic rings. The standard InChI is InChI=1S/C25H40N2O3/c1-17(2)10-19-14-27-9-7-18-12-24(28-3)25(29-4)13-22(18)23(27)11-20(19)15-30-16-21-6-5-8-26-21/h12-13,17,19-21,23,26H,5-11,14-16H2,1-4H3/t19-,20+,21-,23-/m1/s1. The molecule has 0 bridgehead atoms. The number of hydrogen-bond donors (Lipinski definition) is 1. The van der Waals surface area contributed by atoms with Crippen LogP contribution in [0.25, 0.3) is 0 Å². The smallest absolute Gasteiger partial charge is 0.161 e. The van der Waals surface area contributed by atoms with E-state index in [2.05, 4.69) is 36.2 Å². The Hall–Kier alpha value is -1.30. The summed E-state index contributed by atoms with van der Waals surface area (Å²) in [5, 5.41) is 3.56. The molecule has 1 N–H and O–H groups in total. The van der Waals surface area contributed by atoms with Crippen molar-refractivity contribution in [1.29, 1.82) is 0 Å². The maximum absolute atomic E-state index is 6.29. The summed E-state index contributed by atoms with van der Waals surface area (Å²) in [7, 11) is 3.46. The summed E-state index contributed by atoms with van der Waals surface area (Å²) in [6, 6.07) is 5.45. The Bertz CT molecular complexity index is 702. The van der Waals surface area contributed by atoms with Crippen LogP contribution in [0.5, 0.6) is 11.5 Å². The highest BCUT2D eigenvalue weighted by atomic mass is 16.5. The van der Waals surface area contributed by atoms with Crippen LogP contribution >= 0.6 is 0 Å². The maximum atomic E-state index is 6.29. The first-order valence-electron chi connectivity index (χ1n) is 11.9. The van der Waals surface area contributed by atoms with Crippen LogP contribution in [0, 0.1) is 17.8 Å². The molecule has 3 aliphatic rings. The minimum atomic E-state index is 0.468. The van der Waals surface area contributed by atoms with Gasteiger partial charge in [-0.05, 0) is 79.7 Å². The molecule has 4 atom stereocenters. The molecule has 3 aliphatic heterocycles. The van der Waals surface area contributed by atoms with Crippen LogP contribution in [0.1, 0.15) is 56.7 Å². The highest BCUT2D eigenvalue weighted by Gasteiger charge is 2.39. The average molecular weight is 417 g/mol. The van der Waals surface area contributed by atoms with Gasteiger partial charge in [-0.25, -0.2) is 0 Å². The fourth-order valence-corrected chi connectivity index (χ4v) is 5.84. The molecule has 4 rings (SSSR count). The Morgan fingerprint density at radius 3 is 2.60 bits per heavy atom. The van der Waals surface area contributed by atoms with Crippen LogP contribution in [0.4, 0.5) is 0 Å². The second-order valence-electron chi connectivity index (χ2n) is 9.88. The summed E-state index contributed by atoms with van der Waals surface area (Å²) in [6.45, 7) is 9.94. The molecule has 1 aromatic carbocycles. The van der Waals surface area contributed by atoms with Gasteiger partial charge in [0.05, 0.1) is 20.8 Å². The third-order valence-corrected chi connectivity index (χ3v) is 7.36. The lowest BCUT2D eigenvalue weighted by Gasteiger charge is -2.47. The summed E-state index contributed by atoms with van der Waals surface area (Å²) >= 11 is 0. The van der Waals surface area contributed by atoms with Crippen molar-refractivity contribution in [2.75, 3.05) is 47.1 Å². The normalized spacial score (nSPS) is 29.0. The van der Waals surface area contributed by atoms with Crippen LogP contribution in [0.15, 0.2) is 12.1 Å². The highest BCUT2D eigenvalue weighted by Crippen LogP contribution is 2.45. The monoisotopic (exact) mass is 416 g/mol. The lowest BCUT2D eigenvalue weighted by atomic mass is 9.74. The van der Waals surface area contributed by atoms with Gasteiger partial charge in [-0.1, -0.05) is 13.8 Å². The van der Waals surface area contributed by atoms with E-state index in [9.17, 15) is 0 Å². The third kappa shape index (κ3) is 4.79. The van der Waals surface area contributed by atoms with Crippen LogP contribution in [0.2, 0.25) is 0 Å². The van der Waals surface area contributed by atoms with Gasteiger partial charge in [-0.15, -0.1) is 0 Å². The topological polar surface area (TPSA) is 43.0 Å². The van der Waals surface area contributed by atoms with Crippen LogP contribution in [-0.2, 0) is 11.2 Å². The lowest BCUT2D eigenvalue weighted by Crippen LogP contribution is -2.47. The van der Waals surface area contributed by atoms with Gasteiger partial charge in [0.2, 0.25) is 0 Å². The van der Waals surface area contributed by atoms with E-state index in [1.165, 1.54) is 43.4 Å². The quantitative estimate of drug-likeness (QED) is 0.692. The van der Waals surface area contributed by atoms with Crippen LogP contribution < -0.4 is 14.8 Å². The summed E-state index contributed by atoms with van der Waals surface area (Å²) in [6.07, 6.45) is 6.10. The SMILES string of the molecule is COc1cc2c(cc1OC)[C@H]1C[C@@H](COC[C@H]3CCCN3)[C@H](CC(C)C)CN1CC2. The minimum Gasteiger partial charge on any atom is -0.493 e. The predicted molar refractivity (Wildman–Crippen MR) is 120 cm³/mol. The van der Waals surface area contributed by atoms with E-state index in [1.807, 2.05) is 0 Å². The van der Waals surface area contributed by atoms with E-state index >= 15 is 0 Å². The Morgan fingerprint density at radius 2 is 1.90 bits per heavy atom. The molecular weight excluding hydrogens is 376 g/mol. The Labute approximate surface area is 182 Å². The van der Waals surface area contributed by atoms with Crippen LogP contribution in [-0.4, -0.2) is 58.0 Å². The number of ether oxygens (including phenoxy) is 3. The van der Waals surface area contributed by atoms with Gasteiger partial charge in [0, 0.05) is 31.8 Å². The number of nitrogens with zero attached hydrogens (tertiary/aromatic N) is 1. The molecule has 2 fully saturated rings. The molecule has 0 aromatic heterocycles. The highest BCUT2D eigenvalue weighted by molar-refractivity contribution is 5.49. The molecule has 0 radical (unpaired) electrons. The zero-order valence-corrected chi connectivity index (χ0v) is 19.3. The van der Waals surface area contributed by atoms with Gasteiger partial charge in [0.25, 0.3) is 0 Å². The van der Waals surface area contributed by atoms with Gasteiger partial charge < -0.3 is 19.5 Å². The lowest BCUT2D eigenvalue weighted by molar-refractivity contribution is -0.00877. The van der Waals surface area contributed by atoms with Crippen molar-refractivity contribution >= 4 is 0 Å². The van der Waals surface area contributed by atoms with Crippen molar-refractivity contribution in [2.45, 2.75) is 58.0 Å². The van der Waals surface area contributed by atoms with Crippen LogP contribution in [0.3, 0.4) is 0 Å². The van der Waals surface area contributed by atoms with Gasteiger partial charge in [0.15, 0.2) is 11.5 Å². The molecular formula is C25H40N2O3. The summed E-state index contributed by atoms with van der Waals surface area (Å²) < 4.78 is 17.5. The number of nitrogens with one attached hydrogen (secondary N) is 1. The third-order valence-electron chi connectivity index (χ3n) is 7.36. The molecule has 0 amide bonds. The van der Waals surface area contributed by atoms with E-state index < -0.39 is 0 Å². The number of hydrogen-bond acceptors (Lipinski definition) is 5. The largest absolute Gasteiger partial charge is 0.493 e. The van der Waals surface area contributed by atoms with Crippen molar-refractivity contribution in [2.24, 2.45) is 17.8 Å². The number of piperidine rings is 1. The molecule has 0 spiro atoms. The van der Waals surface area contributed by atoms with Crippen molar-refractivity contribution < 1.29 is 14.2 Å². The van der Waals surface area contributed by atoms with E-state index in [0.29, 0.717) is 18.0 Å². The molecule has 0 unspecified atom stereocenters. The van der Waals surface area contributed by atoms with E-state index in [1.54, 1.807) is 14.2 Å². The second kappa shape index (κ2) is 9.88. The van der Waals surface area contributed by atoms with Gasteiger partial charge >= 0.3 is 0 Å². The van der Waals surface area contributed by atoms with E-state index in [-0.39, 0.29) is 0 Å². The summed E-state index contributed by atoms with van der Waals surface area (Å²) in [4.78, 5) is 2.72. The molecule has 2 saturated heterocycles. The zero-order chi connectivity index (χ0) is 21.1. The Morgan fingerprint density at radius 1 is 1.10 bits per heavy atom. The molecule has 5 nitrogen and oxygen atoms in total. The fourth-order valence-electron chi connectivity index (χ4n) is 5.84. The van der Waals surface area contributed by atoms with Crippen molar-refractivity contribution in [1.82, 2.24) is 10.2 Å². The molecule has 0 saturated carbocycles. The molecule has 3 heterocycles. The molecule has 0 aliphatic carbocycles. The molecule has 168 valence electrons. The fraction of sp³-hybridized carbons (Fsp3) is 0.760. The zero-order valence-electron chi connectivity index (χ0n) is 19.3. The summed E-state index contributed by atoms with van der Waals surface area (Å²) in [5.74, 6) is 3.77. The van der Waals surface area contributed by atoms with E-state index in [4.69, 9.17) is 14.2 Å². The van der Waals surface area contributed by atoms with Gasteiger partial charge in [-0.3, -0.25) is 4.90 Å². The van der Waals surface area contributed by atoms with Gasteiger partial charge in [0.1, 0.15) is 0 Å². The maximum Gasteiger partial charge on any atom is 0.161 e. The molecule has 5 heteroatoms. The van der Waals surface area contributed by atoms with Gasteiger partial charge in [-0.2, -0.15) is 0 Å². The molecule has 30 heavy (non-hydrogen) atoms. The first-order chi connectivity index (χ1) is 14.6. The first-order valence-corrected chi connectivity index (χ1v) is 11.9. The van der Waals surface area contributed by atoms with Crippen molar-refractivity contribution in [3.63, 3.8) is 0 Å². The predicted octanol–water partition coefficient (Wildman–Crippen LogP) is 4.05. The Balaban J connectivity index is 1.50. The first kappa shape index (κ1) is 21.9. The number of fused-ring (bicyclic) bond motifs is 3. The van der Waals surface area contributed by atoms with Crippen molar-refractivity contribution in [3.8, 4) is 11.5 Å². The Kier molecular flexibility index (Phi) is 7.22. The number of benzene rings is 1. The number of rotatable bonds is 8. The van der Waals surface area contributed by atoms with E-state index in [0.717, 1.165) is 56.1 Å². The minimum absolute atomic E-state index is 0.468. The second-order valence-corrected chi connectivity index (χ2v) is 9.88. The number of methoxy groups -OCH3 is 2.